The molecule has 0 atom stereocenters. The van der Waals surface area contributed by atoms with Gasteiger partial charge in [-0.1, -0.05) is 42.0 Å². The number of aromatic nitrogens is 1. The van der Waals surface area contributed by atoms with Gasteiger partial charge in [-0.05, 0) is 37.6 Å². The molecule has 0 aliphatic rings. The van der Waals surface area contributed by atoms with E-state index in [1.54, 1.807) is 18.5 Å². The molecule has 0 radical (unpaired) electrons. The summed E-state index contributed by atoms with van der Waals surface area (Å²) < 4.78 is 5.62. The number of pyridine rings is 1. The lowest BCUT2D eigenvalue weighted by Gasteiger charge is -2.12. The first-order valence-electron chi connectivity index (χ1n) is 8.93. The predicted molar refractivity (Wildman–Crippen MR) is 107 cm³/mol. The third-order valence-corrected chi connectivity index (χ3v) is 4.04. The van der Waals surface area contributed by atoms with E-state index in [4.69, 9.17) is 4.74 Å². The van der Waals surface area contributed by atoms with E-state index < -0.39 is 0 Å². The van der Waals surface area contributed by atoms with Gasteiger partial charge in [-0.2, -0.15) is 0 Å². The number of benzene rings is 2. The summed E-state index contributed by atoms with van der Waals surface area (Å²) in [6, 6.07) is 17.5. The first kappa shape index (κ1) is 18.5. The average molecular weight is 361 g/mol. The monoisotopic (exact) mass is 361 g/mol. The van der Waals surface area contributed by atoms with E-state index in [1.165, 1.54) is 5.56 Å². The molecule has 0 saturated carbocycles. The van der Waals surface area contributed by atoms with Crippen LogP contribution in [0, 0.1) is 6.92 Å². The molecule has 2 aromatic carbocycles. The van der Waals surface area contributed by atoms with Crippen molar-refractivity contribution in [1.82, 2.24) is 10.3 Å². The van der Waals surface area contributed by atoms with E-state index in [2.05, 4.69) is 15.6 Å². The molecule has 0 aliphatic heterocycles. The Hall–Kier alpha value is -3.34. The van der Waals surface area contributed by atoms with Crippen molar-refractivity contribution in [3.8, 4) is 5.75 Å². The van der Waals surface area contributed by atoms with Gasteiger partial charge in [-0.15, -0.1) is 0 Å². The van der Waals surface area contributed by atoms with Crippen LogP contribution >= 0.6 is 0 Å². The Morgan fingerprint density at radius 3 is 2.63 bits per heavy atom. The molecule has 27 heavy (non-hydrogen) atoms. The zero-order valence-corrected chi connectivity index (χ0v) is 15.5. The number of anilines is 2. The van der Waals surface area contributed by atoms with Crippen molar-refractivity contribution in [3.05, 3.63) is 83.7 Å². The molecular formula is C22H23N3O2. The first-order valence-corrected chi connectivity index (χ1v) is 8.93. The van der Waals surface area contributed by atoms with E-state index in [9.17, 15) is 4.79 Å². The van der Waals surface area contributed by atoms with Gasteiger partial charge >= 0.3 is 0 Å². The summed E-state index contributed by atoms with van der Waals surface area (Å²) in [6.45, 7) is 5.04. The van der Waals surface area contributed by atoms with Gasteiger partial charge < -0.3 is 15.4 Å². The number of nitrogens with zero attached hydrogens (tertiary/aromatic N) is 1. The fraction of sp³-hybridized carbons (Fsp3) is 0.182. The smallest absolute Gasteiger partial charge is 0.253 e. The van der Waals surface area contributed by atoms with Gasteiger partial charge in [0.1, 0.15) is 5.75 Å². The highest BCUT2D eigenvalue weighted by molar-refractivity contribution is 5.94. The van der Waals surface area contributed by atoms with E-state index >= 15 is 0 Å². The van der Waals surface area contributed by atoms with Crippen molar-refractivity contribution in [2.75, 3.05) is 11.9 Å². The van der Waals surface area contributed by atoms with E-state index in [0.29, 0.717) is 18.7 Å². The lowest BCUT2D eigenvalue weighted by molar-refractivity contribution is 0.0950. The molecule has 1 aromatic heterocycles. The van der Waals surface area contributed by atoms with Crippen LogP contribution in [0.15, 0.2) is 67.0 Å². The lowest BCUT2D eigenvalue weighted by Crippen LogP contribution is -2.23. The molecule has 0 unspecified atom stereocenters. The summed E-state index contributed by atoms with van der Waals surface area (Å²) >= 11 is 0. The van der Waals surface area contributed by atoms with Crippen LogP contribution in [0.3, 0.4) is 0 Å². The van der Waals surface area contributed by atoms with Crippen molar-refractivity contribution in [2.24, 2.45) is 0 Å². The molecule has 0 saturated heterocycles. The fourth-order valence-corrected chi connectivity index (χ4v) is 2.63. The quantitative estimate of drug-likeness (QED) is 0.652. The molecule has 1 heterocycles. The van der Waals surface area contributed by atoms with Gasteiger partial charge in [0.05, 0.1) is 29.7 Å². The van der Waals surface area contributed by atoms with Crippen molar-refractivity contribution in [3.63, 3.8) is 0 Å². The number of carbonyl (C=O) groups is 1. The molecular weight excluding hydrogens is 338 g/mol. The number of hydrogen-bond acceptors (Lipinski definition) is 4. The Bertz CT molecular complexity index is 907. The molecule has 0 spiro atoms. The van der Waals surface area contributed by atoms with Gasteiger partial charge in [0.25, 0.3) is 5.91 Å². The van der Waals surface area contributed by atoms with Crippen molar-refractivity contribution >= 4 is 17.3 Å². The standard InChI is InChI=1S/C22H23N3O2/c1-3-27-21-7-5-4-6-20(21)25-19-12-18(14-23-15-19)22(26)24-13-17-10-8-16(2)9-11-17/h4-12,14-15,25H,3,13H2,1-2H3,(H,24,26). The Labute approximate surface area is 159 Å². The summed E-state index contributed by atoms with van der Waals surface area (Å²) in [7, 11) is 0. The zero-order chi connectivity index (χ0) is 19.1. The second-order valence-corrected chi connectivity index (χ2v) is 6.18. The van der Waals surface area contributed by atoms with Gasteiger partial charge in [0.15, 0.2) is 0 Å². The second kappa shape index (κ2) is 8.85. The maximum atomic E-state index is 12.5. The molecule has 2 N–H and O–H groups in total. The van der Waals surface area contributed by atoms with Crippen molar-refractivity contribution in [1.29, 1.82) is 0 Å². The molecule has 138 valence electrons. The molecule has 3 rings (SSSR count). The van der Waals surface area contributed by atoms with Crippen LogP contribution in [0.1, 0.15) is 28.4 Å². The van der Waals surface area contributed by atoms with E-state index in [-0.39, 0.29) is 5.91 Å². The van der Waals surface area contributed by atoms with Gasteiger partial charge in [0, 0.05) is 12.7 Å². The number of amides is 1. The predicted octanol–water partition coefficient (Wildman–Crippen LogP) is 4.46. The third kappa shape index (κ3) is 5.07. The highest BCUT2D eigenvalue weighted by Crippen LogP contribution is 2.27. The highest BCUT2D eigenvalue weighted by Gasteiger charge is 2.09. The first-order chi connectivity index (χ1) is 13.2. The minimum absolute atomic E-state index is 0.162. The molecule has 3 aromatic rings. The summed E-state index contributed by atoms with van der Waals surface area (Å²) in [4.78, 5) is 16.6. The maximum absolute atomic E-state index is 12.5. The van der Waals surface area contributed by atoms with Crippen LogP contribution in [-0.2, 0) is 6.54 Å². The highest BCUT2D eigenvalue weighted by atomic mass is 16.5. The van der Waals surface area contributed by atoms with E-state index in [1.807, 2.05) is 62.4 Å². The topological polar surface area (TPSA) is 63.2 Å². The molecule has 0 aliphatic carbocycles. The van der Waals surface area contributed by atoms with Crippen LogP contribution in [0.25, 0.3) is 0 Å². The minimum Gasteiger partial charge on any atom is -0.492 e. The number of rotatable bonds is 7. The summed E-state index contributed by atoms with van der Waals surface area (Å²) in [6.07, 6.45) is 3.24. The Balaban J connectivity index is 1.68. The summed E-state index contributed by atoms with van der Waals surface area (Å²) in [5, 5.41) is 6.19. The van der Waals surface area contributed by atoms with Crippen LogP contribution < -0.4 is 15.4 Å². The minimum atomic E-state index is -0.162. The van der Waals surface area contributed by atoms with Gasteiger partial charge in [-0.3, -0.25) is 9.78 Å². The lowest BCUT2D eigenvalue weighted by atomic mass is 10.1. The summed E-state index contributed by atoms with van der Waals surface area (Å²) in [5.41, 5.74) is 4.31. The van der Waals surface area contributed by atoms with E-state index in [0.717, 1.165) is 22.7 Å². The SMILES string of the molecule is CCOc1ccccc1Nc1cncc(C(=O)NCc2ccc(C)cc2)c1. The van der Waals surface area contributed by atoms with Gasteiger partial charge in [-0.25, -0.2) is 0 Å². The van der Waals surface area contributed by atoms with Crippen molar-refractivity contribution < 1.29 is 9.53 Å². The largest absolute Gasteiger partial charge is 0.492 e. The van der Waals surface area contributed by atoms with Crippen LogP contribution in [0.4, 0.5) is 11.4 Å². The second-order valence-electron chi connectivity index (χ2n) is 6.18. The Morgan fingerprint density at radius 2 is 1.85 bits per heavy atom. The molecule has 0 bridgehead atoms. The van der Waals surface area contributed by atoms with Crippen LogP contribution in [-0.4, -0.2) is 17.5 Å². The molecule has 0 fully saturated rings. The van der Waals surface area contributed by atoms with Crippen LogP contribution in [0.5, 0.6) is 5.75 Å². The maximum Gasteiger partial charge on any atom is 0.253 e. The fourth-order valence-electron chi connectivity index (χ4n) is 2.63. The number of hydrogen-bond donors (Lipinski definition) is 2. The molecule has 5 nitrogen and oxygen atoms in total. The number of para-hydroxylation sites is 2. The third-order valence-electron chi connectivity index (χ3n) is 4.04. The molecule has 1 amide bonds. The normalized spacial score (nSPS) is 10.3. The summed E-state index contributed by atoms with van der Waals surface area (Å²) in [5.74, 6) is 0.596. The number of ether oxygens (including phenoxy) is 1. The van der Waals surface area contributed by atoms with Gasteiger partial charge in [0.2, 0.25) is 0 Å². The number of nitrogens with one attached hydrogen (secondary N) is 2. The number of carbonyl (C=O) groups excluding carboxylic acids is 1. The van der Waals surface area contributed by atoms with Crippen LogP contribution in [0.2, 0.25) is 0 Å². The Kier molecular flexibility index (Phi) is 6.05. The zero-order valence-electron chi connectivity index (χ0n) is 15.5. The number of aryl methyl sites for hydroxylation is 1. The van der Waals surface area contributed by atoms with Crippen molar-refractivity contribution in [2.45, 2.75) is 20.4 Å². The Morgan fingerprint density at radius 1 is 1.07 bits per heavy atom. The molecule has 5 heteroatoms. The average Bonchev–Trinajstić information content (AvgIpc) is 2.69.